The van der Waals surface area contributed by atoms with Crippen molar-refractivity contribution >= 4 is 21.4 Å². The normalized spacial score (nSPS) is 25.6. The fourth-order valence-electron chi connectivity index (χ4n) is 4.02. The van der Waals surface area contributed by atoms with Crippen molar-refractivity contribution in [2.24, 2.45) is 0 Å². The Balaban J connectivity index is 1.70. The van der Waals surface area contributed by atoms with Gasteiger partial charge >= 0.3 is 0 Å². The molecule has 4 rings (SSSR count). The zero-order valence-corrected chi connectivity index (χ0v) is 15.7. The summed E-state index contributed by atoms with van der Waals surface area (Å²) >= 11 is 1.64. The van der Waals surface area contributed by atoms with Gasteiger partial charge in [0.25, 0.3) is 0 Å². The standard InChI is InChI=1S/C17H21N3O3S2/c1-23-10-9-20-17(14-4-2-3-5-15(14)25(20,21)22)6-8-19(13-17)12-16-18-7-11-24-16/h2-5,7,11H,6,8-10,12-13H2,1H3. The number of hydrogen-bond donors (Lipinski definition) is 0. The Bertz CT molecular complexity index is 854. The molecule has 6 nitrogen and oxygen atoms in total. The number of rotatable bonds is 5. The van der Waals surface area contributed by atoms with Crippen molar-refractivity contribution in [3.63, 3.8) is 0 Å². The number of sulfonamides is 1. The molecule has 0 amide bonds. The van der Waals surface area contributed by atoms with Crippen LogP contribution in [0.3, 0.4) is 0 Å². The summed E-state index contributed by atoms with van der Waals surface area (Å²) in [7, 11) is -1.88. The molecular weight excluding hydrogens is 358 g/mol. The molecule has 1 fully saturated rings. The molecule has 3 heterocycles. The van der Waals surface area contributed by atoms with Crippen LogP contribution in [0.2, 0.25) is 0 Å². The lowest BCUT2D eigenvalue weighted by atomic mass is 9.89. The molecule has 1 aromatic carbocycles. The van der Waals surface area contributed by atoms with Gasteiger partial charge in [-0.3, -0.25) is 4.90 Å². The number of nitrogens with zero attached hydrogens (tertiary/aromatic N) is 3. The number of ether oxygens (including phenoxy) is 1. The highest BCUT2D eigenvalue weighted by Gasteiger charge is 2.56. The maximum absolute atomic E-state index is 13.1. The van der Waals surface area contributed by atoms with E-state index in [0.717, 1.165) is 30.1 Å². The van der Waals surface area contributed by atoms with Gasteiger partial charge in [-0.05, 0) is 18.1 Å². The number of hydrogen-bond acceptors (Lipinski definition) is 6. The largest absolute Gasteiger partial charge is 0.383 e. The molecule has 0 saturated carbocycles. The van der Waals surface area contributed by atoms with Crippen LogP contribution in [0.5, 0.6) is 0 Å². The van der Waals surface area contributed by atoms with Gasteiger partial charge in [0, 0.05) is 38.3 Å². The number of aromatic nitrogens is 1. The molecule has 1 aromatic heterocycles. The summed E-state index contributed by atoms with van der Waals surface area (Å²) in [6.07, 6.45) is 2.60. The van der Waals surface area contributed by atoms with Crippen molar-refractivity contribution in [3.8, 4) is 0 Å². The summed E-state index contributed by atoms with van der Waals surface area (Å²) in [5.41, 5.74) is 0.429. The molecule has 8 heteroatoms. The van der Waals surface area contributed by atoms with Gasteiger partial charge in [0.1, 0.15) is 5.01 Å². The average molecular weight is 380 g/mol. The topological polar surface area (TPSA) is 62.7 Å². The summed E-state index contributed by atoms with van der Waals surface area (Å²) < 4.78 is 33.1. The monoisotopic (exact) mass is 379 g/mol. The molecule has 1 unspecified atom stereocenters. The Labute approximate surface area is 152 Å². The number of fused-ring (bicyclic) bond motifs is 2. The van der Waals surface area contributed by atoms with E-state index in [0.29, 0.717) is 24.6 Å². The second-order valence-electron chi connectivity index (χ2n) is 6.48. The van der Waals surface area contributed by atoms with Crippen LogP contribution in [0, 0.1) is 0 Å². The molecule has 25 heavy (non-hydrogen) atoms. The van der Waals surface area contributed by atoms with Crippen molar-refractivity contribution in [1.29, 1.82) is 0 Å². The van der Waals surface area contributed by atoms with Gasteiger partial charge in [0.2, 0.25) is 10.0 Å². The number of benzene rings is 1. The highest BCUT2D eigenvalue weighted by molar-refractivity contribution is 7.89. The Morgan fingerprint density at radius 2 is 2.20 bits per heavy atom. The predicted octanol–water partition coefficient (Wildman–Crippen LogP) is 1.89. The van der Waals surface area contributed by atoms with E-state index >= 15 is 0 Å². The van der Waals surface area contributed by atoms with Crippen LogP contribution in [-0.4, -0.2) is 56.0 Å². The maximum Gasteiger partial charge on any atom is 0.244 e. The van der Waals surface area contributed by atoms with Gasteiger partial charge in [0.15, 0.2) is 0 Å². The lowest BCUT2D eigenvalue weighted by Crippen LogP contribution is -2.47. The highest BCUT2D eigenvalue weighted by atomic mass is 32.2. The zero-order chi connectivity index (χ0) is 17.5. The van der Waals surface area contributed by atoms with Crippen molar-refractivity contribution in [2.75, 3.05) is 33.4 Å². The lowest BCUT2D eigenvalue weighted by Gasteiger charge is -2.34. The van der Waals surface area contributed by atoms with Gasteiger partial charge in [-0.25, -0.2) is 13.4 Å². The maximum atomic E-state index is 13.1. The number of methoxy groups -OCH3 is 1. The molecule has 1 atom stereocenters. The summed E-state index contributed by atoms with van der Waals surface area (Å²) in [6, 6.07) is 7.42. The van der Waals surface area contributed by atoms with E-state index < -0.39 is 15.6 Å². The minimum absolute atomic E-state index is 0.374. The summed E-state index contributed by atoms with van der Waals surface area (Å²) in [5, 5.41) is 3.04. The SMILES string of the molecule is COCCN1C2(CCN(Cc3nccs3)C2)c2ccccc2S1(=O)=O. The summed E-state index contributed by atoms with van der Waals surface area (Å²) in [4.78, 5) is 7.11. The molecule has 134 valence electrons. The molecule has 0 N–H and O–H groups in total. The second kappa shape index (κ2) is 6.44. The number of thiazole rings is 1. The molecule has 2 aliphatic heterocycles. The molecule has 1 saturated heterocycles. The quantitative estimate of drug-likeness (QED) is 0.794. The van der Waals surface area contributed by atoms with Crippen LogP contribution >= 0.6 is 11.3 Å². The third-order valence-electron chi connectivity index (χ3n) is 5.10. The van der Waals surface area contributed by atoms with E-state index in [1.165, 1.54) is 0 Å². The Hall–Kier alpha value is -1.32. The van der Waals surface area contributed by atoms with Crippen LogP contribution in [0.1, 0.15) is 17.0 Å². The summed E-state index contributed by atoms with van der Waals surface area (Å²) in [6.45, 7) is 3.07. The van der Waals surface area contributed by atoms with E-state index in [4.69, 9.17) is 4.74 Å². The number of likely N-dealkylation sites (tertiary alicyclic amines) is 1. The van der Waals surface area contributed by atoms with Crippen LogP contribution in [0.15, 0.2) is 40.7 Å². The van der Waals surface area contributed by atoms with Crippen molar-refractivity contribution < 1.29 is 13.2 Å². The second-order valence-corrected chi connectivity index (χ2v) is 9.29. The van der Waals surface area contributed by atoms with Gasteiger partial charge in [-0.2, -0.15) is 4.31 Å². The van der Waals surface area contributed by atoms with Crippen LogP contribution in [-0.2, 0) is 26.8 Å². The Morgan fingerprint density at radius 3 is 2.96 bits per heavy atom. The van der Waals surface area contributed by atoms with Crippen molar-refractivity contribution in [3.05, 3.63) is 46.4 Å². The fourth-order valence-corrected chi connectivity index (χ4v) is 6.72. The first-order valence-corrected chi connectivity index (χ1v) is 10.6. The first kappa shape index (κ1) is 17.1. The summed E-state index contributed by atoms with van der Waals surface area (Å²) in [5.74, 6) is 0. The first-order chi connectivity index (χ1) is 12.1. The smallest absolute Gasteiger partial charge is 0.244 e. The van der Waals surface area contributed by atoms with Crippen molar-refractivity contribution in [1.82, 2.24) is 14.2 Å². The molecular formula is C17H21N3O3S2. The van der Waals surface area contributed by atoms with E-state index in [9.17, 15) is 8.42 Å². The van der Waals surface area contributed by atoms with E-state index in [2.05, 4.69) is 9.88 Å². The van der Waals surface area contributed by atoms with E-state index in [1.54, 1.807) is 34.9 Å². The van der Waals surface area contributed by atoms with Crippen LogP contribution < -0.4 is 0 Å². The van der Waals surface area contributed by atoms with Crippen LogP contribution in [0.25, 0.3) is 0 Å². The molecule has 1 spiro atoms. The van der Waals surface area contributed by atoms with E-state index in [-0.39, 0.29) is 0 Å². The average Bonchev–Trinajstić information content (AvgIpc) is 3.29. The lowest BCUT2D eigenvalue weighted by molar-refractivity contribution is 0.129. The highest BCUT2D eigenvalue weighted by Crippen LogP contribution is 2.49. The first-order valence-electron chi connectivity index (χ1n) is 8.30. The van der Waals surface area contributed by atoms with Gasteiger partial charge in [0.05, 0.1) is 23.6 Å². The van der Waals surface area contributed by atoms with Crippen LogP contribution in [0.4, 0.5) is 0 Å². The zero-order valence-electron chi connectivity index (χ0n) is 14.1. The Morgan fingerprint density at radius 1 is 1.36 bits per heavy atom. The predicted molar refractivity (Wildman–Crippen MR) is 95.9 cm³/mol. The molecule has 2 aromatic rings. The molecule has 0 aliphatic carbocycles. The Kier molecular flexibility index (Phi) is 4.41. The minimum atomic E-state index is -3.48. The van der Waals surface area contributed by atoms with Gasteiger partial charge in [-0.1, -0.05) is 18.2 Å². The van der Waals surface area contributed by atoms with E-state index in [1.807, 2.05) is 23.7 Å². The fraction of sp³-hybridized carbons (Fsp3) is 0.471. The molecule has 0 radical (unpaired) electrons. The minimum Gasteiger partial charge on any atom is -0.383 e. The van der Waals surface area contributed by atoms with Crippen molar-refractivity contribution in [2.45, 2.75) is 23.4 Å². The molecule has 2 aliphatic rings. The third-order valence-corrected chi connectivity index (χ3v) is 7.89. The molecule has 0 bridgehead atoms. The van der Waals surface area contributed by atoms with Gasteiger partial charge in [-0.15, -0.1) is 11.3 Å². The van der Waals surface area contributed by atoms with Gasteiger partial charge < -0.3 is 4.74 Å². The third kappa shape index (κ3) is 2.72.